The molecule has 0 saturated heterocycles. The summed E-state index contributed by atoms with van der Waals surface area (Å²) in [6.07, 6.45) is 0.895. The minimum atomic E-state index is -0.684. The predicted octanol–water partition coefficient (Wildman–Crippen LogP) is 2.31. The maximum atomic E-state index is 10.3. The van der Waals surface area contributed by atoms with Crippen molar-refractivity contribution in [2.24, 2.45) is 11.5 Å². The zero-order chi connectivity index (χ0) is 15.1. The van der Waals surface area contributed by atoms with Crippen molar-refractivity contribution in [3.63, 3.8) is 0 Å². The maximum Gasteiger partial charge on any atom is 0.122 e. The van der Waals surface area contributed by atoms with Gasteiger partial charge in [-0.05, 0) is 48.6 Å². The molecule has 4 heteroatoms. The monoisotopic (exact) mass is 280 g/mol. The van der Waals surface area contributed by atoms with Gasteiger partial charge in [0, 0.05) is 6.04 Å². The molecule has 0 heterocycles. The molecule has 1 rings (SSSR count). The molecule has 0 saturated carbocycles. The second-order valence-corrected chi connectivity index (χ2v) is 5.49. The van der Waals surface area contributed by atoms with E-state index in [1.807, 2.05) is 18.2 Å². The summed E-state index contributed by atoms with van der Waals surface area (Å²) in [6, 6.07) is 5.48. The molecule has 0 bridgehead atoms. The highest BCUT2D eigenvalue weighted by Crippen LogP contribution is 2.30. The van der Waals surface area contributed by atoms with E-state index in [9.17, 15) is 5.11 Å². The van der Waals surface area contributed by atoms with Crippen LogP contribution in [-0.4, -0.2) is 24.3 Å². The van der Waals surface area contributed by atoms with Crippen LogP contribution in [0.2, 0.25) is 0 Å². The number of ether oxygens (including phenoxy) is 1. The largest absolute Gasteiger partial charge is 0.493 e. The lowest BCUT2D eigenvalue weighted by molar-refractivity contribution is 0.143. The normalized spacial score (nSPS) is 14.3. The fourth-order valence-electron chi connectivity index (χ4n) is 2.14. The first-order valence-electron chi connectivity index (χ1n) is 7.41. The van der Waals surface area contributed by atoms with Crippen LogP contribution in [0.3, 0.4) is 0 Å². The number of nitrogens with two attached hydrogens (primary N) is 2. The van der Waals surface area contributed by atoms with E-state index < -0.39 is 6.10 Å². The van der Waals surface area contributed by atoms with Crippen LogP contribution in [0.15, 0.2) is 18.2 Å². The molecule has 0 spiro atoms. The van der Waals surface area contributed by atoms with Crippen LogP contribution >= 0.6 is 0 Å². The molecule has 2 atom stereocenters. The van der Waals surface area contributed by atoms with Gasteiger partial charge in [0.2, 0.25) is 0 Å². The smallest absolute Gasteiger partial charge is 0.122 e. The van der Waals surface area contributed by atoms with Crippen molar-refractivity contribution in [1.29, 1.82) is 0 Å². The molecule has 114 valence electrons. The predicted molar refractivity (Wildman–Crippen MR) is 82.9 cm³/mol. The summed E-state index contributed by atoms with van der Waals surface area (Å²) in [5.41, 5.74) is 13.4. The summed E-state index contributed by atoms with van der Waals surface area (Å²) in [6.45, 7) is 7.49. The topological polar surface area (TPSA) is 81.5 Å². The molecular weight excluding hydrogens is 252 g/mol. The van der Waals surface area contributed by atoms with Gasteiger partial charge in [0.25, 0.3) is 0 Å². The van der Waals surface area contributed by atoms with E-state index in [1.165, 1.54) is 0 Å². The Bertz CT molecular complexity index is 407. The zero-order valence-electron chi connectivity index (χ0n) is 12.8. The summed E-state index contributed by atoms with van der Waals surface area (Å²) < 4.78 is 5.76. The van der Waals surface area contributed by atoms with Crippen molar-refractivity contribution in [1.82, 2.24) is 0 Å². The van der Waals surface area contributed by atoms with Gasteiger partial charge in [-0.15, -0.1) is 0 Å². The van der Waals surface area contributed by atoms with E-state index in [2.05, 4.69) is 20.8 Å². The summed E-state index contributed by atoms with van der Waals surface area (Å²) in [5, 5.41) is 10.3. The van der Waals surface area contributed by atoms with Crippen LogP contribution in [0.4, 0.5) is 0 Å². The molecule has 0 amide bonds. The molecule has 0 aliphatic rings. The standard InChI is InChI=1S/C16H28N2O2/c1-4-9-20-15-6-5-12(10-13(15)11(2)3)16(19)14(18)7-8-17/h5-6,10-11,14,16,19H,4,7-9,17-18H2,1-3H3. The highest BCUT2D eigenvalue weighted by atomic mass is 16.5. The zero-order valence-corrected chi connectivity index (χ0v) is 12.8. The van der Waals surface area contributed by atoms with E-state index in [0.29, 0.717) is 25.5 Å². The Morgan fingerprint density at radius 2 is 2.00 bits per heavy atom. The Labute approximate surface area is 122 Å². The second kappa shape index (κ2) is 8.25. The molecule has 0 fully saturated rings. The molecule has 0 aromatic heterocycles. The van der Waals surface area contributed by atoms with Crippen molar-refractivity contribution >= 4 is 0 Å². The van der Waals surface area contributed by atoms with Gasteiger partial charge in [-0.25, -0.2) is 0 Å². The first-order chi connectivity index (χ1) is 9.51. The van der Waals surface area contributed by atoms with Crippen LogP contribution in [0.25, 0.3) is 0 Å². The van der Waals surface area contributed by atoms with E-state index in [1.54, 1.807) is 0 Å². The van der Waals surface area contributed by atoms with Gasteiger partial charge >= 0.3 is 0 Å². The lowest BCUT2D eigenvalue weighted by Gasteiger charge is -2.21. The van der Waals surface area contributed by atoms with Gasteiger partial charge in [0.15, 0.2) is 0 Å². The maximum absolute atomic E-state index is 10.3. The van der Waals surface area contributed by atoms with Crippen LogP contribution in [0, 0.1) is 0 Å². The summed E-state index contributed by atoms with van der Waals surface area (Å²) in [4.78, 5) is 0. The second-order valence-electron chi connectivity index (χ2n) is 5.49. The highest BCUT2D eigenvalue weighted by molar-refractivity contribution is 5.40. The van der Waals surface area contributed by atoms with Crippen molar-refractivity contribution in [3.05, 3.63) is 29.3 Å². The molecule has 0 radical (unpaired) electrons. The van der Waals surface area contributed by atoms with Crippen LogP contribution in [0.5, 0.6) is 5.75 Å². The summed E-state index contributed by atoms with van der Waals surface area (Å²) in [7, 11) is 0. The minimum Gasteiger partial charge on any atom is -0.493 e. The molecule has 2 unspecified atom stereocenters. The third kappa shape index (κ3) is 4.47. The van der Waals surface area contributed by atoms with Crippen LogP contribution in [-0.2, 0) is 0 Å². The fraction of sp³-hybridized carbons (Fsp3) is 0.625. The Hall–Kier alpha value is -1.10. The third-order valence-electron chi connectivity index (χ3n) is 3.36. The van der Waals surface area contributed by atoms with Crippen LogP contribution in [0.1, 0.15) is 56.8 Å². The number of aliphatic hydroxyl groups excluding tert-OH is 1. The van der Waals surface area contributed by atoms with Gasteiger partial charge in [-0.3, -0.25) is 0 Å². The highest BCUT2D eigenvalue weighted by Gasteiger charge is 2.18. The molecule has 5 N–H and O–H groups in total. The number of aliphatic hydroxyl groups is 1. The summed E-state index contributed by atoms with van der Waals surface area (Å²) in [5.74, 6) is 1.23. The molecule has 1 aromatic carbocycles. The Kier molecular flexibility index (Phi) is 6.99. The first-order valence-corrected chi connectivity index (χ1v) is 7.41. The fourth-order valence-corrected chi connectivity index (χ4v) is 2.14. The van der Waals surface area contributed by atoms with Crippen molar-refractivity contribution in [2.75, 3.05) is 13.2 Å². The van der Waals surface area contributed by atoms with Crippen molar-refractivity contribution in [3.8, 4) is 5.75 Å². The Balaban J connectivity index is 2.97. The molecule has 20 heavy (non-hydrogen) atoms. The number of hydrogen-bond donors (Lipinski definition) is 3. The number of benzene rings is 1. The summed E-state index contributed by atoms with van der Waals surface area (Å²) >= 11 is 0. The van der Waals surface area contributed by atoms with Gasteiger partial charge in [0.1, 0.15) is 5.75 Å². The Morgan fingerprint density at radius 1 is 1.30 bits per heavy atom. The van der Waals surface area contributed by atoms with Gasteiger partial charge in [0.05, 0.1) is 12.7 Å². The van der Waals surface area contributed by atoms with Crippen molar-refractivity contribution < 1.29 is 9.84 Å². The van der Waals surface area contributed by atoms with Gasteiger partial charge in [-0.1, -0.05) is 26.8 Å². The van der Waals surface area contributed by atoms with Crippen molar-refractivity contribution in [2.45, 2.75) is 51.7 Å². The Morgan fingerprint density at radius 3 is 2.55 bits per heavy atom. The average Bonchev–Trinajstić information content (AvgIpc) is 2.44. The van der Waals surface area contributed by atoms with Gasteiger partial charge in [-0.2, -0.15) is 0 Å². The first kappa shape index (κ1) is 17.0. The lowest BCUT2D eigenvalue weighted by atomic mass is 9.94. The molecule has 4 nitrogen and oxygen atoms in total. The van der Waals surface area contributed by atoms with E-state index >= 15 is 0 Å². The number of rotatable bonds is 8. The van der Waals surface area contributed by atoms with E-state index in [-0.39, 0.29) is 6.04 Å². The number of hydrogen-bond acceptors (Lipinski definition) is 4. The molecular formula is C16H28N2O2. The molecule has 0 aliphatic heterocycles. The lowest BCUT2D eigenvalue weighted by Crippen LogP contribution is -2.30. The quantitative estimate of drug-likeness (QED) is 0.682. The van der Waals surface area contributed by atoms with E-state index in [4.69, 9.17) is 16.2 Å². The molecule has 0 aliphatic carbocycles. The SMILES string of the molecule is CCCOc1ccc(C(O)C(N)CCN)cc1C(C)C. The van der Waals surface area contributed by atoms with E-state index in [0.717, 1.165) is 23.3 Å². The third-order valence-corrected chi connectivity index (χ3v) is 3.36. The molecule has 1 aromatic rings. The average molecular weight is 280 g/mol. The van der Waals surface area contributed by atoms with Gasteiger partial charge < -0.3 is 21.3 Å². The minimum absolute atomic E-state index is 0.331. The van der Waals surface area contributed by atoms with Crippen LogP contribution < -0.4 is 16.2 Å².